The fourth-order valence-corrected chi connectivity index (χ4v) is 2.63. The Morgan fingerprint density at radius 2 is 2.00 bits per heavy atom. The van der Waals surface area contributed by atoms with Crippen molar-refractivity contribution in [1.82, 2.24) is 5.53 Å². The molecule has 2 aromatic rings. The summed E-state index contributed by atoms with van der Waals surface area (Å²) in [5.74, 6) is 0.751. The summed E-state index contributed by atoms with van der Waals surface area (Å²) < 4.78 is 5.99. The van der Waals surface area contributed by atoms with Crippen LogP contribution in [0.4, 0.5) is 11.4 Å². The first-order chi connectivity index (χ1) is 10.9. The van der Waals surface area contributed by atoms with E-state index < -0.39 is 0 Å². The summed E-state index contributed by atoms with van der Waals surface area (Å²) in [6.07, 6.45) is 0. The molecule has 0 fully saturated rings. The molecule has 1 heterocycles. The Balaban J connectivity index is 1.93. The van der Waals surface area contributed by atoms with E-state index in [1.165, 1.54) is 0 Å². The Morgan fingerprint density at radius 1 is 1.22 bits per heavy atom. The maximum Gasteiger partial charge on any atom is 0.128 e. The Bertz CT molecular complexity index is 756. The van der Waals surface area contributed by atoms with Crippen LogP contribution < -0.4 is 15.3 Å². The molecule has 1 N–H and O–H groups in total. The number of halogens is 1. The molecule has 3 rings (SSSR count). The van der Waals surface area contributed by atoms with Gasteiger partial charge >= 0.3 is 0 Å². The van der Waals surface area contributed by atoms with Crippen molar-refractivity contribution >= 4 is 23.0 Å². The van der Waals surface area contributed by atoms with Crippen molar-refractivity contribution in [3.05, 3.63) is 46.3 Å². The number of benzene rings is 2. The highest BCUT2D eigenvalue weighted by Gasteiger charge is 2.30. The third kappa shape index (κ3) is 3.24. The van der Waals surface area contributed by atoms with Crippen LogP contribution in [0.15, 0.2) is 41.7 Å². The molecule has 0 aromatic heterocycles. The first kappa shape index (κ1) is 15.6. The van der Waals surface area contributed by atoms with Crippen LogP contribution in [0.2, 0.25) is 5.02 Å². The molecule has 0 unspecified atom stereocenters. The highest BCUT2D eigenvalue weighted by atomic mass is 35.5. The molecule has 0 aliphatic carbocycles. The number of rotatable bonds is 5. The van der Waals surface area contributed by atoms with Gasteiger partial charge in [0.15, 0.2) is 0 Å². The average molecular weight is 332 g/mol. The normalized spacial score (nSPS) is 12.6. The van der Waals surface area contributed by atoms with Crippen LogP contribution in [0.5, 0.6) is 5.75 Å². The summed E-state index contributed by atoms with van der Waals surface area (Å²) in [4.78, 5) is 10.3. The number of ether oxygens (including phenoxy) is 1. The lowest BCUT2D eigenvalue weighted by atomic mass is 9.98. The molecule has 0 spiro atoms. The van der Waals surface area contributed by atoms with Crippen molar-refractivity contribution in [2.75, 3.05) is 11.6 Å². The second-order valence-corrected chi connectivity index (χ2v) is 7.10. The Kier molecular flexibility index (Phi) is 3.90. The molecule has 0 amide bonds. The third-order valence-corrected chi connectivity index (χ3v) is 3.79. The van der Waals surface area contributed by atoms with Crippen molar-refractivity contribution in [1.29, 1.82) is 0 Å². The summed E-state index contributed by atoms with van der Waals surface area (Å²) in [6, 6.07) is 11.5. The fourth-order valence-electron chi connectivity index (χ4n) is 2.36. The number of nitrogens with one attached hydrogen (secondary N) is 1. The van der Waals surface area contributed by atoms with E-state index in [0.29, 0.717) is 11.6 Å². The van der Waals surface area contributed by atoms with E-state index in [2.05, 4.69) is 31.6 Å². The van der Waals surface area contributed by atoms with Gasteiger partial charge < -0.3 is 4.74 Å². The smallest absolute Gasteiger partial charge is 0.128 e. The lowest BCUT2D eigenvalue weighted by Crippen LogP contribution is -2.17. The van der Waals surface area contributed by atoms with Gasteiger partial charge in [0.1, 0.15) is 5.75 Å². The molecule has 0 bridgehead atoms. The Labute approximate surface area is 140 Å². The summed E-state index contributed by atoms with van der Waals surface area (Å²) >= 11 is 6.40. The number of fused-ring (bicyclic) bond motifs is 1. The molecule has 6 heteroatoms. The zero-order valence-electron chi connectivity index (χ0n) is 13.3. The van der Waals surface area contributed by atoms with Crippen molar-refractivity contribution in [2.45, 2.75) is 20.8 Å². The monoisotopic (exact) mass is 331 g/mol. The first-order valence-corrected chi connectivity index (χ1v) is 7.72. The lowest BCUT2D eigenvalue weighted by Gasteiger charge is -2.21. The Morgan fingerprint density at radius 3 is 2.70 bits per heavy atom. The highest BCUT2D eigenvalue weighted by molar-refractivity contribution is 6.33. The molecule has 23 heavy (non-hydrogen) atoms. The van der Waals surface area contributed by atoms with Crippen LogP contribution in [0, 0.1) is 10.3 Å². The maximum absolute atomic E-state index is 10.3. The average Bonchev–Trinajstić information content (AvgIpc) is 3.17. The molecule has 0 atom stereocenters. The molecule has 1 aliphatic rings. The third-order valence-electron chi connectivity index (χ3n) is 3.47. The standard InChI is InChI=1S/C17H18ClN3O2/c1-17(2,3)10-23-15-6-4-5-12(18)16(15)11-7-8-13-14(9-11)21(13)19-20-22/h4-9H,10H2,1-3H3,(H,19,22). The molecule has 0 saturated carbocycles. The van der Waals surface area contributed by atoms with E-state index in [4.69, 9.17) is 16.3 Å². The summed E-state index contributed by atoms with van der Waals surface area (Å²) in [6.45, 7) is 6.95. The van der Waals surface area contributed by atoms with Gasteiger partial charge in [-0.1, -0.05) is 44.5 Å². The van der Waals surface area contributed by atoms with Gasteiger partial charge in [-0.15, -0.1) is 4.91 Å². The minimum absolute atomic E-state index is 0.0545. The molecule has 2 aromatic carbocycles. The van der Waals surface area contributed by atoms with E-state index in [1.807, 2.05) is 36.4 Å². The van der Waals surface area contributed by atoms with Crippen molar-refractivity contribution in [3.8, 4) is 16.9 Å². The predicted molar refractivity (Wildman–Crippen MR) is 92.9 cm³/mol. The SMILES string of the molecule is CC(C)(C)COc1cccc(Cl)c1-c1ccc2c(c1)N2NN=O. The van der Waals surface area contributed by atoms with Crippen LogP contribution in [0.1, 0.15) is 20.8 Å². The minimum Gasteiger partial charge on any atom is -0.492 e. The van der Waals surface area contributed by atoms with Crippen LogP contribution >= 0.6 is 11.6 Å². The first-order valence-electron chi connectivity index (χ1n) is 7.34. The summed E-state index contributed by atoms with van der Waals surface area (Å²) in [5, 5.41) is 4.93. The molecule has 0 radical (unpaired) electrons. The van der Waals surface area contributed by atoms with Gasteiger partial charge in [0.25, 0.3) is 0 Å². The van der Waals surface area contributed by atoms with Crippen LogP contribution in [0.25, 0.3) is 11.1 Å². The van der Waals surface area contributed by atoms with Crippen LogP contribution in [0.3, 0.4) is 0 Å². The minimum atomic E-state index is 0.0545. The number of hydrazine groups is 1. The van der Waals surface area contributed by atoms with E-state index in [0.717, 1.165) is 28.3 Å². The molecule has 5 nitrogen and oxygen atoms in total. The topological polar surface area (TPSA) is 53.7 Å². The highest BCUT2D eigenvalue weighted by Crippen LogP contribution is 2.49. The molecular formula is C17H18ClN3O2. The molecular weight excluding hydrogens is 314 g/mol. The lowest BCUT2D eigenvalue weighted by molar-refractivity contribution is 0.198. The van der Waals surface area contributed by atoms with Crippen molar-refractivity contribution < 1.29 is 4.74 Å². The van der Waals surface area contributed by atoms with E-state index in [9.17, 15) is 4.91 Å². The quantitative estimate of drug-likeness (QED) is 0.472. The second kappa shape index (κ2) is 5.74. The van der Waals surface area contributed by atoms with E-state index in [-0.39, 0.29) is 5.41 Å². The van der Waals surface area contributed by atoms with Gasteiger partial charge in [-0.2, -0.15) is 5.53 Å². The van der Waals surface area contributed by atoms with Gasteiger partial charge in [-0.05, 0) is 35.2 Å². The number of nitrogens with zero attached hydrogens (tertiary/aromatic N) is 2. The number of hydrogen-bond acceptors (Lipinski definition) is 4. The number of nitroso groups, excluding NO2 is 1. The van der Waals surface area contributed by atoms with Crippen LogP contribution in [-0.4, -0.2) is 6.61 Å². The van der Waals surface area contributed by atoms with Crippen LogP contribution in [-0.2, 0) is 0 Å². The largest absolute Gasteiger partial charge is 0.492 e. The van der Waals surface area contributed by atoms with Gasteiger partial charge in [0.05, 0.1) is 28.3 Å². The number of hydrogen-bond donors (Lipinski definition) is 1. The molecule has 1 aliphatic heterocycles. The maximum atomic E-state index is 10.3. The Hall–Kier alpha value is -2.27. The summed E-state index contributed by atoms with van der Waals surface area (Å²) in [7, 11) is 0. The fraction of sp³-hybridized carbons (Fsp3) is 0.294. The summed E-state index contributed by atoms with van der Waals surface area (Å²) in [5.41, 5.74) is 6.06. The second-order valence-electron chi connectivity index (χ2n) is 6.69. The van der Waals surface area contributed by atoms with E-state index >= 15 is 0 Å². The predicted octanol–water partition coefficient (Wildman–Crippen LogP) is 5.07. The van der Waals surface area contributed by atoms with Gasteiger partial charge in [-0.3, -0.25) is 0 Å². The van der Waals surface area contributed by atoms with Crippen molar-refractivity contribution in [3.63, 3.8) is 0 Å². The molecule has 0 saturated heterocycles. The van der Waals surface area contributed by atoms with Crippen molar-refractivity contribution in [2.24, 2.45) is 10.7 Å². The van der Waals surface area contributed by atoms with Gasteiger partial charge in [0.2, 0.25) is 0 Å². The van der Waals surface area contributed by atoms with Gasteiger partial charge in [0, 0.05) is 5.56 Å². The number of anilines is 2. The van der Waals surface area contributed by atoms with E-state index in [1.54, 1.807) is 5.01 Å². The zero-order chi connectivity index (χ0) is 16.6. The van der Waals surface area contributed by atoms with Gasteiger partial charge in [-0.25, -0.2) is 5.01 Å². The zero-order valence-corrected chi connectivity index (χ0v) is 14.0. The molecule has 120 valence electrons.